The van der Waals surface area contributed by atoms with E-state index in [9.17, 15) is 4.79 Å². The van der Waals surface area contributed by atoms with Crippen molar-refractivity contribution < 1.29 is 4.79 Å². The molecule has 4 rings (SSSR count). The van der Waals surface area contributed by atoms with Crippen LogP contribution in [-0.2, 0) is 6.54 Å². The van der Waals surface area contributed by atoms with Crippen molar-refractivity contribution >= 4 is 16.7 Å². The van der Waals surface area contributed by atoms with Gasteiger partial charge in [0, 0.05) is 23.5 Å². The van der Waals surface area contributed by atoms with Crippen molar-refractivity contribution in [3.05, 3.63) is 78.1 Å². The molecule has 2 N–H and O–H groups in total. The fraction of sp³-hybridized carbons (Fsp3) is 0.100. The summed E-state index contributed by atoms with van der Waals surface area (Å²) in [5.41, 5.74) is 4.23. The van der Waals surface area contributed by atoms with Crippen LogP contribution in [0.25, 0.3) is 21.9 Å². The van der Waals surface area contributed by atoms with E-state index >= 15 is 0 Å². The van der Waals surface area contributed by atoms with Crippen molar-refractivity contribution in [1.29, 1.82) is 0 Å². The second-order valence-electron chi connectivity index (χ2n) is 6.03. The molecule has 0 saturated carbocycles. The van der Waals surface area contributed by atoms with Crippen molar-refractivity contribution in [3.63, 3.8) is 0 Å². The second-order valence-corrected chi connectivity index (χ2v) is 6.03. The van der Waals surface area contributed by atoms with Gasteiger partial charge in [-0.1, -0.05) is 30.3 Å². The van der Waals surface area contributed by atoms with Crippen molar-refractivity contribution in [1.82, 2.24) is 25.5 Å². The number of aromatic nitrogens is 4. The molecule has 0 radical (unpaired) electrons. The van der Waals surface area contributed by atoms with Gasteiger partial charge in [0.2, 0.25) is 0 Å². The number of aromatic amines is 1. The summed E-state index contributed by atoms with van der Waals surface area (Å²) in [4.78, 5) is 21.2. The summed E-state index contributed by atoms with van der Waals surface area (Å²) in [5, 5.41) is 11.7. The number of nitrogens with zero attached hydrogens (tertiary/aromatic N) is 3. The standard InChI is InChI=1S/C20H17N5O/c1-13-8-22-15(11-21-13)12-23-20(26)19-7-6-16(14-9-24-25-10-14)17-4-2-3-5-18(17)19/h2-11H,12H2,1H3,(H,23,26)(H,24,25). The van der Waals surface area contributed by atoms with E-state index in [-0.39, 0.29) is 5.91 Å². The number of fused-ring (bicyclic) bond motifs is 1. The maximum Gasteiger partial charge on any atom is 0.252 e. The zero-order chi connectivity index (χ0) is 17.9. The summed E-state index contributed by atoms with van der Waals surface area (Å²) < 4.78 is 0. The number of benzene rings is 2. The highest BCUT2D eigenvalue weighted by Gasteiger charge is 2.13. The molecule has 0 aliphatic rings. The summed E-state index contributed by atoms with van der Waals surface area (Å²) in [6, 6.07) is 11.7. The lowest BCUT2D eigenvalue weighted by molar-refractivity contribution is 0.0952. The number of hydrogen-bond donors (Lipinski definition) is 2. The third-order valence-corrected chi connectivity index (χ3v) is 4.24. The zero-order valence-electron chi connectivity index (χ0n) is 14.2. The maximum atomic E-state index is 12.7. The Morgan fingerprint density at radius 3 is 2.62 bits per heavy atom. The molecule has 1 amide bonds. The number of carbonyl (C=O) groups excluding carboxylic acids is 1. The van der Waals surface area contributed by atoms with E-state index in [1.807, 2.05) is 49.5 Å². The van der Waals surface area contributed by atoms with Gasteiger partial charge in [-0.2, -0.15) is 5.10 Å². The smallest absolute Gasteiger partial charge is 0.252 e. The molecule has 0 atom stereocenters. The van der Waals surface area contributed by atoms with E-state index in [1.165, 1.54) is 0 Å². The number of hydrogen-bond acceptors (Lipinski definition) is 4. The van der Waals surface area contributed by atoms with Gasteiger partial charge >= 0.3 is 0 Å². The first-order valence-corrected chi connectivity index (χ1v) is 8.29. The Morgan fingerprint density at radius 1 is 1.04 bits per heavy atom. The van der Waals surface area contributed by atoms with Gasteiger partial charge in [-0.3, -0.25) is 19.9 Å². The Kier molecular flexibility index (Phi) is 4.15. The van der Waals surface area contributed by atoms with Gasteiger partial charge in [0.05, 0.1) is 30.3 Å². The molecule has 2 aromatic heterocycles. The summed E-state index contributed by atoms with van der Waals surface area (Å²) >= 11 is 0. The average molecular weight is 343 g/mol. The van der Waals surface area contributed by atoms with Crippen LogP contribution in [0.15, 0.2) is 61.2 Å². The van der Waals surface area contributed by atoms with Crippen molar-refractivity contribution in [2.45, 2.75) is 13.5 Å². The number of carbonyl (C=O) groups is 1. The maximum absolute atomic E-state index is 12.7. The number of H-pyrrole nitrogens is 1. The fourth-order valence-electron chi connectivity index (χ4n) is 2.92. The minimum Gasteiger partial charge on any atom is -0.346 e. The predicted octanol–water partition coefficient (Wildman–Crippen LogP) is 3.26. The number of rotatable bonds is 4. The first kappa shape index (κ1) is 16.0. The van der Waals surface area contributed by atoms with Gasteiger partial charge in [-0.25, -0.2) is 0 Å². The largest absolute Gasteiger partial charge is 0.346 e. The molecule has 0 spiro atoms. The summed E-state index contributed by atoms with van der Waals surface area (Å²) in [7, 11) is 0. The molecule has 0 unspecified atom stereocenters. The van der Waals surface area contributed by atoms with E-state index in [1.54, 1.807) is 18.6 Å². The molecule has 6 nitrogen and oxygen atoms in total. The van der Waals surface area contributed by atoms with Gasteiger partial charge in [0.1, 0.15) is 0 Å². The quantitative estimate of drug-likeness (QED) is 0.596. The van der Waals surface area contributed by atoms with Gasteiger partial charge in [0.15, 0.2) is 0 Å². The Morgan fingerprint density at radius 2 is 1.88 bits per heavy atom. The van der Waals surface area contributed by atoms with Gasteiger partial charge in [0.25, 0.3) is 5.91 Å². The number of nitrogens with one attached hydrogen (secondary N) is 2. The van der Waals surface area contributed by atoms with E-state index in [0.29, 0.717) is 12.1 Å². The van der Waals surface area contributed by atoms with Gasteiger partial charge in [-0.05, 0) is 29.3 Å². The van der Waals surface area contributed by atoms with Gasteiger partial charge < -0.3 is 5.32 Å². The minimum absolute atomic E-state index is 0.137. The molecule has 6 heteroatoms. The lowest BCUT2D eigenvalue weighted by atomic mass is 9.96. The van der Waals surface area contributed by atoms with Crippen LogP contribution >= 0.6 is 0 Å². The van der Waals surface area contributed by atoms with E-state index < -0.39 is 0 Å². The fourth-order valence-corrected chi connectivity index (χ4v) is 2.92. The molecule has 0 aliphatic heterocycles. The molecular weight excluding hydrogens is 326 g/mol. The Balaban J connectivity index is 1.65. The topological polar surface area (TPSA) is 83.6 Å². The van der Waals surface area contributed by atoms with Gasteiger partial charge in [-0.15, -0.1) is 0 Å². The molecule has 0 saturated heterocycles. The Hall–Kier alpha value is -3.54. The average Bonchev–Trinajstić information content (AvgIpc) is 3.21. The third-order valence-electron chi connectivity index (χ3n) is 4.24. The normalized spacial score (nSPS) is 10.8. The van der Waals surface area contributed by atoms with Crippen LogP contribution in [0.3, 0.4) is 0 Å². The molecule has 0 aliphatic carbocycles. The minimum atomic E-state index is -0.137. The van der Waals surface area contributed by atoms with Crippen LogP contribution < -0.4 is 5.32 Å². The highest BCUT2D eigenvalue weighted by molar-refractivity contribution is 6.10. The molecule has 0 bridgehead atoms. The van der Waals surface area contributed by atoms with Crippen LogP contribution in [0.5, 0.6) is 0 Å². The number of aryl methyl sites for hydroxylation is 1. The van der Waals surface area contributed by atoms with Crippen molar-refractivity contribution in [3.8, 4) is 11.1 Å². The zero-order valence-corrected chi connectivity index (χ0v) is 14.2. The van der Waals surface area contributed by atoms with Crippen molar-refractivity contribution in [2.75, 3.05) is 0 Å². The lowest BCUT2D eigenvalue weighted by Crippen LogP contribution is -2.23. The third kappa shape index (κ3) is 3.04. The molecular formula is C20H17N5O. The van der Waals surface area contributed by atoms with Crippen LogP contribution in [-0.4, -0.2) is 26.1 Å². The SMILES string of the molecule is Cc1cnc(CNC(=O)c2ccc(-c3cn[nH]c3)c3ccccc23)cn1. The first-order valence-electron chi connectivity index (χ1n) is 8.29. The summed E-state index contributed by atoms with van der Waals surface area (Å²) in [5.74, 6) is -0.137. The van der Waals surface area contributed by atoms with E-state index in [0.717, 1.165) is 33.3 Å². The van der Waals surface area contributed by atoms with Crippen LogP contribution in [0.1, 0.15) is 21.7 Å². The highest BCUT2D eigenvalue weighted by atomic mass is 16.1. The monoisotopic (exact) mass is 343 g/mol. The Labute approximate surface area is 150 Å². The van der Waals surface area contributed by atoms with Crippen molar-refractivity contribution in [2.24, 2.45) is 0 Å². The highest BCUT2D eigenvalue weighted by Crippen LogP contribution is 2.30. The molecule has 4 aromatic rings. The van der Waals surface area contributed by atoms with E-state index in [2.05, 4.69) is 25.5 Å². The predicted molar refractivity (Wildman–Crippen MR) is 99.5 cm³/mol. The molecule has 128 valence electrons. The van der Waals surface area contributed by atoms with Crippen LogP contribution in [0.4, 0.5) is 0 Å². The molecule has 2 heterocycles. The summed E-state index contributed by atoms with van der Waals surface area (Å²) in [6.07, 6.45) is 6.99. The summed E-state index contributed by atoms with van der Waals surface area (Å²) in [6.45, 7) is 2.22. The van der Waals surface area contributed by atoms with E-state index in [4.69, 9.17) is 0 Å². The first-order chi connectivity index (χ1) is 12.7. The second kappa shape index (κ2) is 6.76. The lowest BCUT2D eigenvalue weighted by Gasteiger charge is -2.11. The van der Waals surface area contributed by atoms with Crippen LogP contribution in [0, 0.1) is 6.92 Å². The van der Waals surface area contributed by atoms with Crippen LogP contribution in [0.2, 0.25) is 0 Å². The number of amides is 1. The molecule has 26 heavy (non-hydrogen) atoms. The molecule has 2 aromatic carbocycles. The molecule has 0 fully saturated rings. The Bertz CT molecular complexity index is 1060.